The fourth-order valence-electron chi connectivity index (χ4n) is 8.25. The molecule has 0 heterocycles. The average molecular weight is 1070 g/mol. The number of carboxylic acids is 1. The Balaban J connectivity index is 4.27. The number of hydrogen-bond acceptors (Lipinski definition) is 8. The molecule has 0 bridgehead atoms. The van der Waals surface area contributed by atoms with Crippen molar-refractivity contribution in [1.82, 2.24) is 0 Å². The largest absolute Gasteiger partial charge is 0.545 e. The van der Waals surface area contributed by atoms with E-state index in [1.807, 2.05) is 21.1 Å². The highest BCUT2D eigenvalue weighted by Crippen LogP contribution is 2.15. The second-order valence-electron chi connectivity index (χ2n) is 21.6. The number of allylic oxidation sites excluding steroid dienone is 18. The fraction of sp³-hybridized carbons (Fsp3) is 0.691. The third kappa shape index (κ3) is 59.5. The van der Waals surface area contributed by atoms with E-state index in [1.54, 1.807) is 0 Å². The summed E-state index contributed by atoms with van der Waals surface area (Å²) in [6, 6.07) is 0. The summed E-state index contributed by atoms with van der Waals surface area (Å²) in [4.78, 5) is 37.4. The van der Waals surface area contributed by atoms with Crippen LogP contribution < -0.4 is 5.11 Å². The van der Waals surface area contributed by atoms with Crippen LogP contribution in [0, 0.1) is 0 Å². The maximum Gasteiger partial charge on any atom is 0.306 e. The maximum atomic E-state index is 12.9. The molecule has 0 aliphatic rings. The lowest BCUT2D eigenvalue weighted by atomic mass is 10.0. The second kappa shape index (κ2) is 58.1. The molecule has 9 nitrogen and oxygen atoms in total. The van der Waals surface area contributed by atoms with Gasteiger partial charge < -0.3 is 33.3 Å². The van der Waals surface area contributed by atoms with Crippen molar-refractivity contribution in [3.63, 3.8) is 0 Å². The summed E-state index contributed by atoms with van der Waals surface area (Å²) in [6.07, 6.45) is 77.1. The number of nitrogens with zero attached hydrogens (tertiary/aromatic N) is 1. The van der Waals surface area contributed by atoms with Gasteiger partial charge >= 0.3 is 11.9 Å². The molecule has 0 aromatic carbocycles. The highest BCUT2D eigenvalue weighted by Gasteiger charge is 2.22. The maximum absolute atomic E-state index is 12.9. The molecule has 0 N–H and O–H groups in total. The predicted octanol–water partition coefficient (Wildman–Crippen LogP) is 17.3. The van der Waals surface area contributed by atoms with Crippen LogP contribution in [0.15, 0.2) is 109 Å². The number of aliphatic carboxylic acids is 1. The van der Waals surface area contributed by atoms with Gasteiger partial charge in [-0.25, -0.2) is 0 Å². The Labute approximate surface area is 473 Å². The van der Waals surface area contributed by atoms with Gasteiger partial charge in [0.1, 0.15) is 13.2 Å². The number of rotatable bonds is 56. The molecule has 0 aromatic rings. The minimum atomic E-state index is -1.63. The molecule has 0 aliphatic heterocycles. The minimum Gasteiger partial charge on any atom is -0.545 e. The normalized spacial score (nSPS) is 13.5. The summed E-state index contributed by atoms with van der Waals surface area (Å²) >= 11 is 0. The Morgan fingerprint density at radius 2 is 0.740 bits per heavy atom. The lowest BCUT2D eigenvalue weighted by Crippen LogP contribution is -2.44. The topological polar surface area (TPSA) is 111 Å². The number of carbonyl (C=O) groups is 3. The zero-order valence-corrected chi connectivity index (χ0v) is 50.0. The van der Waals surface area contributed by atoms with Crippen molar-refractivity contribution < 1.29 is 42.9 Å². The zero-order chi connectivity index (χ0) is 56.2. The van der Waals surface area contributed by atoms with Crippen molar-refractivity contribution in [3.8, 4) is 0 Å². The van der Waals surface area contributed by atoms with E-state index in [0.29, 0.717) is 17.4 Å². The van der Waals surface area contributed by atoms with Crippen LogP contribution in [-0.4, -0.2) is 82.3 Å². The Bertz CT molecular complexity index is 1630. The number of ether oxygens (including phenoxy) is 4. The van der Waals surface area contributed by atoms with Gasteiger partial charge in [0.2, 0.25) is 0 Å². The molecule has 0 radical (unpaired) electrons. The number of esters is 2. The monoisotopic (exact) mass is 1070 g/mol. The van der Waals surface area contributed by atoms with Gasteiger partial charge in [-0.3, -0.25) is 9.59 Å². The first-order chi connectivity index (χ1) is 37.6. The minimum absolute atomic E-state index is 0.140. The van der Waals surface area contributed by atoms with Gasteiger partial charge in [0.25, 0.3) is 0 Å². The highest BCUT2D eigenvalue weighted by molar-refractivity contribution is 5.70. The Kier molecular flexibility index (Phi) is 55.1. The number of unbranched alkanes of at least 4 members (excludes halogenated alkanes) is 23. The molecule has 0 saturated heterocycles. The molecule has 0 aliphatic carbocycles. The molecule has 0 saturated carbocycles. The van der Waals surface area contributed by atoms with Crippen molar-refractivity contribution in [2.45, 2.75) is 257 Å². The lowest BCUT2D eigenvalue weighted by molar-refractivity contribution is -0.870. The van der Waals surface area contributed by atoms with Gasteiger partial charge in [0.05, 0.1) is 40.3 Å². The van der Waals surface area contributed by atoms with Crippen LogP contribution in [0.2, 0.25) is 0 Å². The summed E-state index contributed by atoms with van der Waals surface area (Å²) in [7, 11) is 5.91. The van der Waals surface area contributed by atoms with E-state index in [9.17, 15) is 19.5 Å². The van der Waals surface area contributed by atoms with E-state index in [4.69, 9.17) is 18.9 Å². The molecule has 9 heteroatoms. The molecule has 0 aromatic heterocycles. The Morgan fingerprint density at radius 1 is 0.403 bits per heavy atom. The molecule has 0 amide bonds. The third-order valence-electron chi connectivity index (χ3n) is 13.0. The van der Waals surface area contributed by atoms with Gasteiger partial charge in [0, 0.05) is 12.8 Å². The Morgan fingerprint density at radius 3 is 1.10 bits per heavy atom. The molecular weight excluding hydrogens is 959 g/mol. The van der Waals surface area contributed by atoms with Crippen molar-refractivity contribution in [2.75, 3.05) is 47.5 Å². The molecule has 77 heavy (non-hydrogen) atoms. The van der Waals surface area contributed by atoms with Gasteiger partial charge in [0.15, 0.2) is 12.4 Å². The van der Waals surface area contributed by atoms with Crippen LogP contribution in [0.25, 0.3) is 0 Å². The zero-order valence-electron chi connectivity index (χ0n) is 50.0. The summed E-state index contributed by atoms with van der Waals surface area (Å²) in [5, 5.41) is 11.8. The van der Waals surface area contributed by atoms with E-state index < -0.39 is 24.3 Å². The summed E-state index contributed by atoms with van der Waals surface area (Å²) in [6.45, 7) is 4.61. The number of carboxylic acid groups (broad SMARTS) is 1. The van der Waals surface area contributed by atoms with Gasteiger partial charge in [-0.05, 0) is 103 Å². The SMILES string of the molecule is CC/C=C\C/C=C\C/C=C\C/C=C\C/C=C\C/C=C\C/C=C\CCCCCCCCCC(=O)OC(COC(=O)CCCCCCCCCCCCC/C=C\C/C=C\CCCCCCC)COC(OCC[N+](C)(C)C)C(=O)[O-]. The number of carbonyl (C=O) groups excluding carboxylic acids is 3. The number of likely N-dealkylation sites (N-methyl/N-ethyl adjacent to an activating group) is 1. The molecule has 440 valence electrons. The first-order valence-electron chi connectivity index (χ1n) is 31.0. The van der Waals surface area contributed by atoms with Gasteiger partial charge in [-0.15, -0.1) is 0 Å². The average Bonchev–Trinajstić information content (AvgIpc) is 3.40. The number of quaternary nitrogens is 1. The van der Waals surface area contributed by atoms with Crippen LogP contribution in [0.4, 0.5) is 0 Å². The van der Waals surface area contributed by atoms with E-state index in [0.717, 1.165) is 96.3 Å². The molecule has 2 atom stereocenters. The second-order valence-corrected chi connectivity index (χ2v) is 21.6. The van der Waals surface area contributed by atoms with E-state index in [-0.39, 0.29) is 38.6 Å². The third-order valence-corrected chi connectivity index (χ3v) is 13.0. The summed E-state index contributed by atoms with van der Waals surface area (Å²) in [5.41, 5.74) is 0. The predicted molar refractivity (Wildman–Crippen MR) is 324 cm³/mol. The first-order valence-corrected chi connectivity index (χ1v) is 31.0. The standard InChI is InChI=1S/C68H115NO8/c1-6-8-10-12-14-16-18-20-22-24-26-28-30-31-32-33-34-35-37-39-41-43-45-47-49-51-53-55-57-59-66(71)77-64(63-76-68(67(72)73)74-61-60-69(3,4)5)62-75-65(70)58-56-54-52-50-48-46-44-42-40-38-36-29-27-25-23-21-19-17-15-13-11-9-7-2/h8,10,14,16,19-22,25-28,31-32,34-35,39,41,64,68H,6-7,9,11-13,15,17-18,23-24,29-30,33,36-38,40,42-63H2,1-5H3/b10-8-,16-14-,21-19-,22-20-,27-25-,28-26-,32-31-,35-34-,41-39-. The van der Waals surface area contributed by atoms with Crippen molar-refractivity contribution in [1.29, 1.82) is 0 Å². The molecule has 0 rings (SSSR count). The number of hydrogen-bond donors (Lipinski definition) is 0. The van der Waals surface area contributed by atoms with Crippen molar-refractivity contribution >= 4 is 17.9 Å². The Hall–Kier alpha value is -4.05. The van der Waals surface area contributed by atoms with Gasteiger partial charge in [-0.2, -0.15) is 0 Å². The highest BCUT2D eigenvalue weighted by atomic mass is 16.7. The quantitative estimate of drug-likeness (QED) is 0.0195. The first kappa shape index (κ1) is 73.0. The molecule has 2 unspecified atom stereocenters. The molecule has 0 fully saturated rings. The summed E-state index contributed by atoms with van der Waals surface area (Å²) < 4.78 is 22.7. The van der Waals surface area contributed by atoms with Crippen LogP contribution in [0.3, 0.4) is 0 Å². The van der Waals surface area contributed by atoms with Crippen molar-refractivity contribution in [3.05, 3.63) is 109 Å². The molecular formula is C68H115NO8. The summed E-state index contributed by atoms with van der Waals surface area (Å²) in [5.74, 6) is -2.31. The van der Waals surface area contributed by atoms with Crippen molar-refractivity contribution in [2.24, 2.45) is 0 Å². The van der Waals surface area contributed by atoms with Gasteiger partial charge in [-0.1, -0.05) is 239 Å². The van der Waals surface area contributed by atoms with Crippen LogP contribution in [-0.2, 0) is 33.3 Å². The smallest absolute Gasteiger partial charge is 0.306 e. The van der Waals surface area contributed by atoms with Crippen LogP contribution in [0.5, 0.6) is 0 Å². The van der Waals surface area contributed by atoms with Crippen LogP contribution in [0.1, 0.15) is 245 Å². The van der Waals surface area contributed by atoms with E-state index in [2.05, 4.69) is 123 Å². The van der Waals surface area contributed by atoms with E-state index in [1.165, 1.54) is 116 Å². The van der Waals surface area contributed by atoms with E-state index >= 15 is 0 Å². The lowest BCUT2D eigenvalue weighted by Gasteiger charge is -2.26. The van der Waals surface area contributed by atoms with Crippen LogP contribution >= 0.6 is 0 Å². The fourth-order valence-corrected chi connectivity index (χ4v) is 8.25. The molecule has 0 spiro atoms.